The number of ether oxygens (including phenoxy) is 1. The van der Waals surface area contributed by atoms with Gasteiger partial charge in [-0.3, -0.25) is 15.6 Å². The first-order valence-electron chi connectivity index (χ1n) is 6.12. The molecule has 1 heterocycles. The van der Waals surface area contributed by atoms with Crippen molar-refractivity contribution in [1.82, 2.24) is 15.5 Å². The minimum absolute atomic E-state index is 0.269. The van der Waals surface area contributed by atoms with Gasteiger partial charge in [-0.1, -0.05) is 36.4 Å². The summed E-state index contributed by atoms with van der Waals surface area (Å²) in [6.07, 6.45) is 0.453. The van der Waals surface area contributed by atoms with Crippen LogP contribution in [0.15, 0.2) is 49.1 Å². The van der Waals surface area contributed by atoms with Gasteiger partial charge in [0.05, 0.1) is 5.69 Å². The number of benzene rings is 1. The number of aromatic nitrogens is 2. The van der Waals surface area contributed by atoms with E-state index in [1.807, 2.05) is 30.3 Å². The summed E-state index contributed by atoms with van der Waals surface area (Å²) in [5.41, 5.74) is 7.38. The fourth-order valence-electron chi connectivity index (χ4n) is 1.59. The first-order valence-corrected chi connectivity index (χ1v) is 6.12. The third-order valence-electron chi connectivity index (χ3n) is 2.57. The Hall–Kier alpha value is -2.60. The molecule has 1 amide bonds. The fraction of sp³-hybridized carbons (Fsp3) is 0.143. The van der Waals surface area contributed by atoms with Gasteiger partial charge in [0.15, 0.2) is 0 Å². The Bertz CT molecular complexity index is 580. The van der Waals surface area contributed by atoms with E-state index in [1.54, 1.807) is 12.1 Å². The van der Waals surface area contributed by atoms with Crippen LogP contribution < -0.4 is 15.8 Å². The maximum Gasteiger partial charge on any atom is 0.276 e. The van der Waals surface area contributed by atoms with Crippen LogP contribution in [0.5, 0.6) is 5.88 Å². The molecule has 0 radical (unpaired) electrons. The van der Waals surface area contributed by atoms with Crippen molar-refractivity contribution in [2.24, 2.45) is 5.73 Å². The highest BCUT2D eigenvalue weighted by Gasteiger charge is 2.16. The lowest BCUT2D eigenvalue weighted by molar-refractivity contribution is -0.127. The number of hydrogen-bond acceptors (Lipinski definition) is 4. The van der Waals surface area contributed by atoms with Gasteiger partial charge in [-0.05, 0) is 5.56 Å². The summed E-state index contributed by atoms with van der Waals surface area (Å²) < 4.78 is 5.26. The standard InChI is InChI=1S/C14H16N4O2/c1-2-8-16-14(19)13(15)20-12-9-11(17-18-12)10-6-4-3-5-7-10/h2-7,9,13H,1,8,15H2,(H,16,19)(H,17,18). The third-order valence-corrected chi connectivity index (χ3v) is 2.57. The first kappa shape index (κ1) is 13.8. The van der Waals surface area contributed by atoms with Crippen LogP contribution in [0.25, 0.3) is 11.3 Å². The number of rotatable bonds is 6. The lowest BCUT2D eigenvalue weighted by atomic mass is 10.2. The van der Waals surface area contributed by atoms with Crippen LogP contribution in [0.4, 0.5) is 0 Å². The molecule has 4 N–H and O–H groups in total. The summed E-state index contributed by atoms with van der Waals surface area (Å²) in [5.74, 6) is -0.153. The monoisotopic (exact) mass is 272 g/mol. The number of nitrogens with zero attached hydrogens (tertiary/aromatic N) is 1. The number of carbonyl (C=O) groups excluding carboxylic acids is 1. The number of nitrogens with two attached hydrogens (primary N) is 1. The molecule has 2 aromatic rings. The Morgan fingerprint density at radius 3 is 2.95 bits per heavy atom. The quantitative estimate of drug-likeness (QED) is 0.541. The van der Waals surface area contributed by atoms with E-state index in [0.717, 1.165) is 11.3 Å². The van der Waals surface area contributed by atoms with Gasteiger partial charge >= 0.3 is 0 Å². The van der Waals surface area contributed by atoms with E-state index in [-0.39, 0.29) is 5.88 Å². The molecule has 20 heavy (non-hydrogen) atoms. The van der Waals surface area contributed by atoms with Crippen molar-refractivity contribution >= 4 is 5.91 Å². The summed E-state index contributed by atoms with van der Waals surface area (Å²) >= 11 is 0. The highest BCUT2D eigenvalue weighted by Crippen LogP contribution is 2.20. The van der Waals surface area contributed by atoms with Gasteiger partial charge in [0.2, 0.25) is 12.1 Å². The van der Waals surface area contributed by atoms with E-state index in [2.05, 4.69) is 22.1 Å². The lowest BCUT2D eigenvalue weighted by Crippen LogP contribution is -2.44. The Morgan fingerprint density at radius 2 is 2.25 bits per heavy atom. The van der Waals surface area contributed by atoms with Gasteiger partial charge in [-0.2, -0.15) is 0 Å². The zero-order chi connectivity index (χ0) is 14.4. The van der Waals surface area contributed by atoms with Crippen molar-refractivity contribution in [1.29, 1.82) is 0 Å². The fourth-order valence-corrected chi connectivity index (χ4v) is 1.59. The molecule has 1 aromatic carbocycles. The molecule has 0 aliphatic carbocycles. The third kappa shape index (κ3) is 3.46. The second kappa shape index (κ2) is 6.53. The van der Waals surface area contributed by atoms with Crippen LogP contribution in [0.3, 0.4) is 0 Å². The predicted octanol–water partition coefficient (Wildman–Crippen LogP) is 1.04. The zero-order valence-corrected chi connectivity index (χ0v) is 10.9. The van der Waals surface area contributed by atoms with E-state index < -0.39 is 12.1 Å². The minimum Gasteiger partial charge on any atom is -0.448 e. The van der Waals surface area contributed by atoms with E-state index >= 15 is 0 Å². The lowest BCUT2D eigenvalue weighted by Gasteiger charge is -2.11. The Balaban J connectivity index is 1.99. The zero-order valence-electron chi connectivity index (χ0n) is 10.9. The summed E-state index contributed by atoms with van der Waals surface area (Å²) in [6, 6.07) is 11.3. The van der Waals surface area contributed by atoms with Crippen LogP contribution in [-0.4, -0.2) is 28.9 Å². The molecular weight excluding hydrogens is 256 g/mol. The normalized spacial score (nSPS) is 11.7. The molecule has 0 aliphatic rings. The SMILES string of the molecule is C=CCNC(=O)C(N)Oc1cc(-c2ccccc2)[nH]n1. The summed E-state index contributed by atoms with van der Waals surface area (Å²) in [4.78, 5) is 11.5. The molecule has 0 spiro atoms. The van der Waals surface area contributed by atoms with Crippen LogP contribution in [-0.2, 0) is 4.79 Å². The molecule has 0 bridgehead atoms. The summed E-state index contributed by atoms with van der Waals surface area (Å²) in [6.45, 7) is 3.84. The van der Waals surface area contributed by atoms with Gasteiger partial charge in [-0.25, -0.2) is 0 Å². The van der Waals surface area contributed by atoms with Crippen molar-refractivity contribution in [3.8, 4) is 17.1 Å². The second-order valence-electron chi connectivity index (χ2n) is 4.06. The first-order chi connectivity index (χ1) is 9.70. The van der Waals surface area contributed by atoms with Gasteiger partial charge in [0.25, 0.3) is 5.91 Å². The molecule has 1 unspecified atom stereocenters. The van der Waals surface area contributed by atoms with Crippen molar-refractivity contribution in [3.63, 3.8) is 0 Å². The van der Waals surface area contributed by atoms with Gasteiger partial charge in [0.1, 0.15) is 0 Å². The van der Waals surface area contributed by atoms with Crippen LogP contribution >= 0.6 is 0 Å². The largest absolute Gasteiger partial charge is 0.448 e. The molecule has 1 atom stereocenters. The van der Waals surface area contributed by atoms with E-state index in [1.165, 1.54) is 0 Å². The smallest absolute Gasteiger partial charge is 0.276 e. The number of hydrogen-bond donors (Lipinski definition) is 3. The predicted molar refractivity (Wildman–Crippen MR) is 75.8 cm³/mol. The summed E-state index contributed by atoms with van der Waals surface area (Å²) in [7, 11) is 0. The molecule has 2 rings (SSSR count). The van der Waals surface area contributed by atoms with Gasteiger partial charge in [-0.15, -0.1) is 11.7 Å². The molecule has 0 aliphatic heterocycles. The molecule has 6 heteroatoms. The van der Waals surface area contributed by atoms with Crippen LogP contribution in [0, 0.1) is 0 Å². The second-order valence-corrected chi connectivity index (χ2v) is 4.06. The molecule has 1 aromatic heterocycles. The van der Waals surface area contributed by atoms with Crippen molar-refractivity contribution in [2.45, 2.75) is 6.23 Å². The molecule has 0 saturated carbocycles. The molecule has 0 saturated heterocycles. The Kier molecular flexibility index (Phi) is 4.52. The van der Waals surface area contributed by atoms with Crippen molar-refractivity contribution in [2.75, 3.05) is 6.54 Å². The van der Waals surface area contributed by atoms with Crippen molar-refractivity contribution < 1.29 is 9.53 Å². The number of H-pyrrole nitrogens is 1. The van der Waals surface area contributed by atoms with E-state index in [9.17, 15) is 4.79 Å². The van der Waals surface area contributed by atoms with Crippen molar-refractivity contribution in [3.05, 3.63) is 49.1 Å². The number of amides is 1. The maximum atomic E-state index is 11.5. The summed E-state index contributed by atoms with van der Waals surface area (Å²) in [5, 5.41) is 9.34. The Morgan fingerprint density at radius 1 is 1.50 bits per heavy atom. The maximum absolute atomic E-state index is 11.5. The number of carbonyl (C=O) groups is 1. The average Bonchev–Trinajstić information content (AvgIpc) is 2.94. The van der Waals surface area contributed by atoms with Gasteiger partial charge < -0.3 is 10.1 Å². The number of nitrogens with one attached hydrogen (secondary N) is 2. The highest BCUT2D eigenvalue weighted by molar-refractivity contribution is 5.80. The topological polar surface area (TPSA) is 93.0 Å². The average molecular weight is 272 g/mol. The number of aromatic amines is 1. The van der Waals surface area contributed by atoms with Gasteiger partial charge in [0, 0.05) is 12.6 Å². The van der Waals surface area contributed by atoms with Crippen LogP contribution in [0.2, 0.25) is 0 Å². The molecule has 104 valence electrons. The van der Waals surface area contributed by atoms with E-state index in [4.69, 9.17) is 10.5 Å². The van der Waals surface area contributed by atoms with Crippen LogP contribution in [0.1, 0.15) is 0 Å². The molecular formula is C14H16N4O2. The van der Waals surface area contributed by atoms with E-state index in [0.29, 0.717) is 6.54 Å². The highest BCUT2D eigenvalue weighted by atomic mass is 16.5. The molecule has 0 fully saturated rings. The minimum atomic E-state index is -1.11. The molecule has 6 nitrogen and oxygen atoms in total. The Labute approximate surface area is 116 Å².